The quantitative estimate of drug-likeness (QED) is 0.285. The fourth-order valence-electron chi connectivity index (χ4n) is 4.51. The van der Waals surface area contributed by atoms with E-state index in [1.165, 1.54) is 15.9 Å². The Morgan fingerprint density at radius 2 is 1.79 bits per heavy atom. The van der Waals surface area contributed by atoms with E-state index < -0.39 is 29.9 Å². The van der Waals surface area contributed by atoms with Crippen LogP contribution in [0.4, 0.5) is 10.6 Å². The molecule has 0 radical (unpaired) electrons. The van der Waals surface area contributed by atoms with Gasteiger partial charge in [-0.3, -0.25) is 19.2 Å². The Labute approximate surface area is 248 Å². The zero-order valence-corrected chi connectivity index (χ0v) is 23.8. The van der Waals surface area contributed by atoms with Crippen molar-refractivity contribution in [3.8, 4) is 11.4 Å². The lowest BCUT2D eigenvalue weighted by Crippen LogP contribution is -2.56. The van der Waals surface area contributed by atoms with Crippen LogP contribution in [0.5, 0.6) is 0 Å². The fourth-order valence-corrected chi connectivity index (χ4v) is 4.51. The van der Waals surface area contributed by atoms with Gasteiger partial charge in [0.1, 0.15) is 17.6 Å². The van der Waals surface area contributed by atoms with E-state index in [1.54, 1.807) is 6.92 Å². The number of piperazine rings is 1. The number of aliphatic carboxylic acids is 1. The number of nitrogens with one attached hydrogen (secondary N) is 2. The number of carboxylic acids is 1. The van der Waals surface area contributed by atoms with Gasteiger partial charge in [-0.15, -0.1) is 0 Å². The van der Waals surface area contributed by atoms with Gasteiger partial charge in [0.2, 0.25) is 5.91 Å². The van der Waals surface area contributed by atoms with E-state index in [-0.39, 0.29) is 63.8 Å². The number of anilines is 1. The van der Waals surface area contributed by atoms with Crippen LogP contribution < -0.4 is 10.6 Å². The summed E-state index contributed by atoms with van der Waals surface area (Å²) in [5.41, 5.74) is 0.747. The molecule has 1 aromatic heterocycles. The average Bonchev–Trinajstić information content (AvgIpc) is 3.52. The van der Waals surface area contributed by atoms with Crippen molar-refractivity contribution >= 4 is 36.2 Å². The van der Waals surface area contributed by atoms with E-state index in [2.05, 4.69) is 20.6 Å². The number of aromatic nitrogens is 2. The minimum Gasteiger partial charge on any atom is -0.483 e. The van der Waals surface area contributed by atoms with Crippen LogP contribution in [0, 0.1) is 0 Å². The summed E-state index contributed by atoms with van der Waals surface area (Å²) in [6, 6.07) is 9.65. The van der Waals surface area contributed by atoms with Gasteiger partial charge < -0.3 is 40.1 Å². The van der Waals surface area contributed by atoms with Crippen molar-refractivity contribution in [2.45, 2.75) is 38.3 Å². The molecule has 43 heavy (non-hydrogen) atoms. The highest BCUT2D eigenvalue weighted by Gasteiger charge is 2.31. The van der Waals surface area contributed by atoms with Gasteiger partial charge >= 0.3 is 12.1 Å². The SMILES string of the molecule is CCOC(=O)N1CCN(C(=O)C(CCC(=O)O)NC(=O)c2cc(NC3CCOC3)nc(-c3ccccc3)n2)CC1.O=CO. The number of ether oxygens (including phenoxy) is 2. The third-order valence-electron chi connectivity index (χ3n) is 6.64. The van der Waals surface area contributed by atoms with Crippen molar-refractivity contribution in [2.75, 3.05) is 51.3 Å². The normalized spacial score (nSPS) is 16.7. The number of hydrogen-bond acceptors (Lipinski definition) is 10. The molecule has 2 aromatic rings. The first kappa shape index (κ1) is 32.7. The molecule has 2 unspecified atom stereocenters. The zero-order chi connectivity index (χ0) is 31.2. The van der Waals surface area contributed by atoms with Crippen molar-refractivity contribution in [1.29, 1.82) is 0 Å². The van der Waals surface area contributed by atoms with Gasteiger partial charge in [0, 0.05) is 50.8 Å². The summed E-state index contributed by atoms with van der Waals surface area (Å²) in [4.78, 5) is 70.6. The van der Waals surface area contributed by atoms with Crippen molar-refractivity contribution in [3.63, 3.8) is 0 Å². The maximum absolute atomic E-state index is 13.4. The van der Waals surface area contributed by atoms with E-state index >= 15 is 0 Å². The topological polar surface area (TPSA) is 201 Å². The molecule has 0 bridgehead atoms. The molecule has 2 aliphatic rings. The smallest absolute Gasteiger partial charge is 0.409 e. The molecular weight excluding hydrogens is 564 g/mol. The lowest BCUT2D eigenvalue weighted by Gasteiger charge is -2.35. The minimum atomic E-state index is -1.09. The van der Waals surface area contributed by atoms with Gasteiger partial charge in [-0.05, 0) is 19.8 Å². The molecule has 2 aliphatic heterocycles. The van der Waals surface area contributed by atoms with Gasteiger partial charge in [-0.2, -0.15) is 0 Å². The standard InChI is InChI=1S/C27H34N6O7.CH2O2/c1-2-40-27(38)33-13-11-32(12-14-33)26(37)20(8-9-23(34)35)30-25(36)21-16-22(28-19-10-15-39-17-19)31-24(29-21)18-6-4-3-5-7-18;2-1-3/h3-7,16,19-20H,2,8-15,17H2,1H3,(H,30,36)(H,34,35)(H,28,29,31);1H,(H,2,3). The minimum absolute atomic E-state index is 0.0348. The molecule has 3 heterocycles. The van der Waals surface area contributed by atoms with E-state index in [1.807, 2.05) is 30.3 Å². The van der Waals surface area contributed by atoms with Gasteiger partial charge in [-0.1, -0.05) is 30.3 Å². The highest BCUT2D eigenvalue weighted by atomic mass is 16.6. The fraction of sp³-hybridized carbons (Fsp3) is 0.464. The van der Waals surface area contributed by atoms with Crippen molar-refractivity contribution in [2.24, 2.45) is 0 Å². The van der Waals surface area contributed by atoms with Gasteiger partial charge in [-0.25, -0.2) is 14.8 Å². The van der Waals surface area contributed by atoms with E-state index in [4.69, 9.17) is 19.4 Å². The third-order valence-corrected chi connectivity index (χ3v) is 6.64. The Bertz CT molecular complexity index is 1250. The van der Waals surface area contributed by atoms with Crippen molar-refractivity contribution < 1.29 is 43.7 Å². The van der Waals surface area contributed by atoms with Crippen LogP contribution in [0.15, 0.2) is 36.4 Å². The summed E-state index contributed by atoms with van der Waals surface area (Å²) in [5, 5.41) is 22.1. The molecule has 15 heteroatoms. The number of rotatable bonds is 10. The summed E-state index contributed by atoms with van der Waals surface area (Å²) < 4.78 is 10.5. The van der Waals surface area contributed by atoms with Crippen LogP contribution in [-0.2, 0) is 23.9 Å². The second kappa shape index (κ2) is 16.6. The van der Waals surface area contributed by atoms with Crippen LogP contribution in [0.3, 0.4) is 0 Å². The highest BCUT2D eigenvalue weighted by Crippen LogP contribution is 2.20. The number of carbonyl (C=O) groups excluding carboxylic acids is 3. The molecule has 2 atom stereocenters. The predicted molar refractivity (Wildman–Crippen MR) is 152 cm³/mol. The van der Waals surface area contributed by atoms with Crippen LogP contribution in [0.2, 0.25) is 0 Å². The summed E-state index contributed by atoms with van der Waals surface area (Å²) in [5.74, 6) is -1.36. The Balaban J connectivity index is 0.00000162. The number of nitrogens with zero attached hydrogens (tertiary/aromatic N) is 4. The number of amides is 3. The molecule has 2 fully saturated rings. The van der Waals surface area contributed by atoms with E-state index in [0.717, 1.165) is 6.42 Å². The molecule has 0 spiro atoms. The first-order valence-electron chi connectivity index (χ1n) is 13.9. The van der Waals surface area contributed by atoms with Crippen LogP contribution >= 0.6 is 0 Å². The Morgan fingerprint density at radius 1 is 1.12 bits per heavy atom. The molecule has 15 nitrogen and oxygen atoms in total. The largest absolute Gasteiger partial charge is 0.483 e. The number of hydrogen-bond donors (Lipinski definition) is 4. The molecule has 232 valence electrons. The number of benzene rings is 1. The number of carbonyl (C=O) groups is 5. The van der Waals surface area contributed by atoms with E-state index in [9.17, 15) is 24.3 Å². The Morgan fingerprint density at radius 3 is 2.40 bits per heavy atom. The molecule has 2 saturated heterocycles. The Kier molecular flexibility index (Phi) is 12.6. The van der Waals surface area contributed by atoms with E-state index in [0.29, 0.717) is 30.4 Å². The summed E-state index contributed by atoms with van der Waals surface area (Å²) in [7, 11) is 0. The van der Waals surface area contributed by atoms with Crippen LogP contribution in [0.25, 0.3) is 11.4 Å². The summed E-state index contributed by atoms with van der Waals surface area (Å²) in [6.07, 6.45) is -0.0648. The molecule has 4 rings (SSSR count). The average molecular weight is 601 g/mol. The van der Waals surface area contributed by atoms with Gasteiger partial charge in [0.05, 0.1) is 19.3 Å². The molecule has 1 aromatic carbocycles. The van der Waals surface area contributed by atoms with Gasteiger partial charge in [0.25, 0.3) is 12.4 Å². The monoisotopic (exact) mass is 600 g/mol. The molecule has 3 amide bonds. The summed E-state index contributed by atoms with van der Waals surface area (Å²) in [6.45, 7) is 3.88. The molecule has 4 N–H and O–H groups in total. The second-order valence-electron chi connectivity index (χ2n) is 9.61. The highest BCUT2D eigenvalue weighted by molar-refractivity contribution is 5.97. The number of carboxylic acid groups (broad SMARTS) is 2. The maximum atomic E-state index is 13.4. The van der Waals surface area contributed by atoms with Crippen molar-refractivity contribution in [1.82, 2.24) is 25.1 Å². The van der Waals surface area contributed by atoms with Crippen LogP contribution in [-0.4, -0.2) is 118 Å². The first-order chi connectivity index (χ1) is 20.7. The molecule has 0 aliphatic carbocycles. The molecular formula is C28H36N6O9. The predicted octanol–water partition coefficient (Wildman–Crippen LogP) is 1.31. The zero-order valence-electron chi connectivity index (χ0n) is 23.8. The third kappa shape index (κ3) is 9.92. The van der Waals surface area contributed by atoms with Gasteiger partial charge in [0.15, 0.2) is 5.82 Å². The lowest BCUT2D eigenvalue weighted by atomic mass is 10.1. The lowest BCUT2D eigenvalue weighted by molar-refractivity contribution is -0.138. The molecule has 0 saturated carbocycles. The summed E-state index contributed by atoms with van der Waals surface area (Å²) >= 11 is 0. The van der Waals surface area contributed by atoms with Crippen LogP contribution in [0.1, 0.15) is 36.7 Å². The van der Waals surface area contributed by atoms with Crippen molar-refractivity contribution in [3.05, 3.63) is 42.1 Å². The Hall–Kier alpha value is -4.79. The second-order valence-corrected chi connectivity index (χ2v) is 9.61. The first-order valence-corrected chi connectivity index (χ1v) is 13.9. The maximum Gasteiger partial charge on any atom is 0.409 e.